The summed E-state index contributed by atoms with van der Waals surface area (Å²) in [4.78, 5) is 8.76. The minimum atomic E-state index is 0.390. The first-order valence-corrected chi connectivity index (χ1v) is 7.50. The van der Waals surface area contributed by atoms with Crippen LogP contribution in [0.3, 0.4) is 0 Å². The zero-order valence-corrected chi connectivity index (χ0v) is 13.8. The molecule has 2 N–H and O–H groups in total. The Balaban J connectivity index is 2.15. The van der Waals surface area contributed by atoms with Gasteiger partial charge in [0.15, 0.2) is 0 Å². The molecule has 4 heteroatoms. The number of nitrogens with zero attached hydrogens (tertiary/aromatic N) is 2. The van der Waals surface area contributed by atoms with Gasteiger partial charge in [0, 0.05) is 19.2 Å². The average molecular weight is 276 g/mol. The van der Waals surface area contributed by atoms with Crippen molar-refractivity contribution in [1.82, 2.24) is 9.97 Å². The van der Waals surface area contributed by atoms with E-state index in [-0.39, 0.29) is 0 Å². The third kappa shape index (κ3) is 2.25. The summed E-state index contributed by atoms with van der Waals surface area (Å²) in [6, 6.07) is 0. The fraction of sp³-hybridized carbons (Fsp3) is 0.750. The molecule has 0 unspecified atom stereocenters. The molecule has 0 radical (unpaired) electrons. The van der Waals surface area contributed by atoms with Gasteiger partial charge in [-0.3, -0.25) is 0 Å². The van der Waals surface area contributed by atoms with Crippen molar-refractivity contribution < 1.29 is 0 Å². The van der Waals surface area contributed by atoms with Crippen molar-refractivity contribution in [1.29, 1.82) is 0 Å². The predicted octanol–water partition coefficient (Wildman–Crippen LogP) is 3.74. The summed E-state index contributed by atoms with van der Waals surface area (Å²) < 4.78 is 0. The van der Waals surface area contributed by atoms with Crippen LogP contribution < -0.4 is 10.6 Å². The Hall–Kier alpha value is -1.32. The monoisotopic (exact) mass is 276 g/mol. The molecule has 112 valence electrons. The summed E-state index contributed by atoms with van der Waals surface area (Å²) in [5.41, 5.74) is 1.97. The van der Waals surface area contributed by atoms with Crippen molar-refractivity contribution in [2.75, 3.05) is 24.2 Å². The van der Waals surface area contributed by atoms with Gasteiger partial charge in [-0.05, 0) is 22.7 Å². The molecule has 0 spiro atoms. The van der Waals surface area contributed by atoms with E-state index < -0.39 is 0 Å². The van der Waals surface area contributed by atoms with E-state index in [1.54, 1.807) is 6.33 Å². The number of rotatable bonds is 5. The Morgan fingerprint density at radius 1 is 1.10 bits per heavy atom. The molecule has 1 aliphatic carbocycles. The van der Waals surface area contributed by atoms with Gasteiger partial charge in [0.25, 0.3) is 0 Å². The van der Waals surface area contributed by atoms with E-state index in [2.05, 4.69) is 62.1 Å². The van der Waals surface area contributed by atoms with Gasteiger partial charge in [-0.2, -0.15) is 0 Å². The maximum absolute atomic E-state index is 4.44. The highest BCUT2D eigenvalue weighted by Gasteiger charge is 2.64. The van der Waals surface area contributed by atoms with Crippen molar-refractivity contribution in [3.63, 3.8) is 0 Å². The number of aromatic nitrogens is 2. The fourth-order valence-electron chi connectivity index (χ4n) is 3.32. The molecule has 0 aliphatic heterocycles. The topological polar surface area (TPSA) is 49.8 Å². The van der Waals surface area contributed by atoms with Crippen LogP contribution in [0.25, 0.3) is 0 Å². The predicted molar refractivity (Wildman–Crippen MR) is 85.2 cm³/mol. The summed E-state index contributed by atoms with van der Waals surface area (Å²) in [6.07, 6.45) is 1.63. The maximum atomic E-state index is 4.44. The van der Waals surface area contributed by atoms with Crippen LogP contribution in [0, 0.1) is 16.7 Å². The van der Waals surface area contributed by atoms with E-state index in [0.29, 0.717) is 22.7 Å². The van der Waals surface area contributed by atoms with Gasteiger partial charge in [0.2, 0.25) is 0 Å². The summed E-state index contributed by atoms with van der Waals surface area (Å²) in [5.74, 6) is 2.97. The lowest BCUT2D eigenvalue weighted by atomic mass is 10.0. The van der Waals surface area contributed by atoms with E-state index >= 15 is 0 Å². The van der Waals surface area contributed by atoms with E-state index in [9.17, 15) is 0 Å². The maximum Gasteiger partial charge on any atom is 0.134 e. The van der Waals surface area contributed by atoms with Crippen molar-refractivity contribution >= 4 is 11.6 Å². The van der Waals surface area contributed by atoms with E-state index in [1.807, 2.05) is 7.05 Å². The molecular weight excluding hydrogens is 248 g/mol. The van der Waals surface area contributed by atoms with Gasteiger partial charge in [0.05, 0.1) is 0 Å². The Labute approximate surface area is 122 Å². The smallest absolute Gasteiger partial charge is 0.134 e. The highest BCUT2D eigenvalue weighted by molar-refractivity contribution is 5.58. The van der Waals surface area contributed by atoms with Crippen LogP contribution in [0.2, 0.25) is 0 Å². The molecule has 0 atom stereocenters. The van der Waals surface area contributed by atoms with Crippen LogP contribution in [0.1, 0.15) is 53.0 Å². The highest BCUT2D eigenvalue weighted by Crippen LogP contribution is 2.68. The molecule has 4 nitrogen and oxygen atoms in total. The molecule has 20 heavy (non-hydrogen) atoms. The average Bonchev–Trinajstić information content (AvgIpc) is 2.76. The molecule has 1 heterocycles. The van der Waals surface area contributed by atoms with Gasteiger partial charge in [-0.1, -0.05) is 41.5 Å². The summed E-state index contributed by atoms with van der Waals surface area (Å²) >= 11 is 0. The molecule has 1 aromatic heterocycles. The lowest BCUT2D eigenvalue weighted by Gasteiger charge is -2.17. The van der Waals surface area contributed by atoms with Gasteiger partial charge in [-0.25, -0.2) is 9.97 Å². The van der Waals surface area contributed by atoms with Crippen molar-refractivity contribution in [3.05, 3.63) is 11.9 Å². The van der Waals surface area contributed by atoms with Gasteiger partial charge in [0.1, 0.15) is 18.0 Å². The van der Waals surface area contributed by atoms with E-state index in [4.69, 9.17) is 0 Å². The summed E-state index contributed by atoms with van der Waals surface area (Å²) in [6.45, 7) is 14.7. The second-order valence-electron chi connectivity index (χ2n) is 7.27. The van der Waals surface area contributed by atoms with Crippen LogP contribution >= 0.6 is 0 Å². The number of hydrogen-bond acceptors (Lipinski definition) is 4. The van der Waals surface area contributed by atoms with Crippen LogP contribution in [-0.2, 0) is 0 Å². The van der Waals surface area contributed by atoms with Gasteiger partial charge in [-0.15, -0.1) is 0 Å². The fourth-order valence-corrected chi connectivity index (χ4v) is 3.32. The van der Waals surface area contributed by atoms with Crippen LogP contribution in [0.5, 0.6) is 0 Å². The lowest BCUT2D eigenvalue weighted by Crippen LogP contribution is -2.13. The normalized spacial score (nSPS) is 20.0. The second kappa shape index (κ2) is 4.90. The standard InChI is InChI=1S/C16H28N4/c1-10(2)12-13(17-7)19-9-20-14(12)18-8-11-15(3,4)16(11,5)6/h9-11H,8H2,1-7H3,(H2,17,18,19,20). The number of nitrogens with one attached hydrogen (secondary N) is 2. The van der Waals surface area contributed by atoms with Crippen molar-refractivity contribution in [2.24, 2.45) is 16.7 Å². The van der Waals surface area contributed by atoms with Crippen LogP contribution in [0.4, 0.5) is 11.6 Å². The molecule has 0 aromatic carbocycles. The molecule has 0 bridgehead atoms. The summed E-state index contributed by atoms with van der Waals surface area (Å²) in [7, 11) is 1.91. The molecule has 1 aromatic rings. The molecule has 1 aliphatic rings. The Kier molecular flexibility index (Phi) is 3.69. The number of hydrogen-bond donors (Lipinski definition) is 2. The first-order valence-electron chi connectivity index (χ1n) is 7.50. The van der Waals surface area contributed by atoms with E-state index in [1.165, 1.54) is 5.56 Å². The Morgan fingerprint density at radius 3 is 2.10 bits per heavy atom. The Morgan fingerprint density at radius 2 is 1.65 bits per heavy atom. The van der Waals surface area contributed by atoms with Gasteiger partial charge >= 0.3 is 0 Å². The second-order valence-corrected chi connectivity index (χ2v) is 7.27. The molecule has 0 amide bonds. The highest BCUT2D eigenvalue weighted by atomic mass is 15.1. The summed E-state index contributed by atoms with van der Waals surface area (Å²) in [5, 5.41) is 6.71. The third-order valence-electron chi connectivity index (χ3n) is 5.49. The van der Waals surface area contributed by atoms with Crippen molar-refractivity contribution in [3.8, 4) is 0 Å². The quantitative estimate of drug-likeness (QED) is 0.860. The van der Waals surface area contributed by atoms with Crippen molar-refractivity contribution in [2.45, 2.75) is 47.5 Å². The van der Waals surface area contributed by atoms with Crippen LogP contribution in [-0.4, -0.2) is 23.6 Å². The first-order chi connectivity index (χ1) is 9.23. The molecule has 1 fully saturated rings. The molecule has 1 saturated carbocycles. The molecular formula is C16H28N4. The largest absolute Gasteiger partial charge is 0.373 e. The van der Waals surface area contributed by atoms with Crippen LogP contribution in [0.15, 0.2) is 6.33 Å². The first kappa shape index (κ1) is 15.1. The Bertz CT molecular complexity index is 477. The third-order valence-corrected chi connectivity index (χ3v) is 5.49. The minimum absolute atomic E-state index is 0.390. The van der Waals surface area contributed by atoms with E-state index in [0.717, 1.165) is 18.2 Å². The SMILES string of the molecule is CNc1ncnc(NCC2C(C)(C)C2(C)C)c1C(C)C. The molecule has 2 rings (SSSR count). The minimum Gasteiger partial charge on any atom is -0.373 e. The lowest BCUT2D eigenvalue weighted by molar-refractivity contribution is 0.457. The molecule has 0 saturated heterocycles. The van der Waals surface area contributed by atoms with Gasteiger partial charge < -0.3 is 10.6 Å². The zero-order chi connectivity index (χ0) is 15.1. The number of anilines is 2. The zero-order valence-electron chi connectivity index (χ0n) is 13.8.